The van der Waals surface area contributed by atoms with Crippen LogP contribution < -0.4 is 104 Å². The number of carboxylic acids is 1. The number of alkyl halides is 3. The molecular weight excluding hydrogens is 1460 g/mol. The number of nitrogens with two attached hydrogens (primary N) is 8. The van der Waals surface area contributed by atoms with E-state index in [1.54, 1.807) is 44.2 Å². The number of unbranched alkanes of at least 4 members (excludes halogenated alkanes) is 1. The molecule has 10 atom stereocenters. The molecule has 13 amide bonds. The van der Waals surface area contributed by atoms with E-state index >= 15 is 9.59 Å². The number of nitrogens with one attached hydrogen (secondary N) is 11. The van der Waals surface area contributed by atoms with Crippen LogP contribution in [0.4, 0.5) is 13.2 Å². The van der Waals surface area contributed by atoms with E-state index in [4.69, 9.17) is 45.9 Å². The van der Waals surface area contributed by atoms with Crippen molar-refractivity contribution in [2.24, 2.45) is 66.8 Å². The number of aliphatic carboxylic acids is 1. The van der Waals surface area contributed by atoms with Gasteiger partial charge in [0.05, 0.1) is 30.8 Å². The van der Waals surface area contributed by atoms with Gasteiger partial charge >= 0.3 is 12.1 Å². The molecule has 2 fully saturated rings. The smallest absolute Gasteiger partial charge is 0.416 e. The van der Waals surface area contributed by atoms with Gasteiger partial charge in [-0.15, -0.1) is 11.8 Å². The zero-order valence-electron chi connectivity index (χ0n) is 60.6. The Morgan fingerprint density at radius 2 is 0.972 bits per heavy atom. The van der Waals surface area contributed by atoms with E-state index in [1.165, 1.54) is 4.90 Å². The standard InChI is InChI=1S/C67H102F3N23O15S/c1-36(2)28-44-58(103)87-42(16-9-25-80-65(75)76)57(102)91-46(29-37-12-4-3-5-13-37)60(105)89-43(17-10-26-81-66(77)78)63(108)93-27-11-18-49(93)62(107)88-41(14-6-7-23-71)56(101)92-47(31-53(97)98)61(106)86-40(15-8-24-79-64(73)74)55(100)83-32-50(94)82-33-51(95)85-48(54(72)99)34-109-35-52(96)84-45(59(104)90-44)30-38-19-21-39(22-20-38)67(68,69)70/h3-5,12-13,19-22,36,40-49H,6-11,14-18,23-35,71H2,1-2H3,(H2,72,99)(H,82,94)(H,83,100)(H,84,96)(H,85,95)(H,86,106)(H,87,103)(H,88,107)(H,89,105)(H,90,104)(H,91,102)(H,92,101)(H,97,98)(H4,73,74,79)(H4,75,76,80)(H4,77,78,81)/t40-,41-,42-,43-,44-,45-,46-,47-,48-,49-/m0/s1. The number of nitrogens with zero attached hydrogens (tertiary/aromatic N) is 4. The zero-order chi connectivity index (χ0) is 80.9. The van der Waals surface area contributed by atoms with Crippen LogP contribution in [0.1, 0.15) is 114 Å². The summed E-state index contributed by atoms with van der Waals surface area (Å²) in [5, 5.41) is 37.4. The van der Waals surface area contributed by atoms with E-state index in [2.05, 4.69) is 73.5 Å². The highest BCUT2D eigenvalue weighted by molar-refractivity contribution is 8.00. The van der Waals surface area contributed by atoms with Crippen LogP contribution in [-0.2, 0) is 86.1 Å². The Balaban J connectivity index is 1.87. The third kappa shape index (κ3) is 33.7. The number of rotatable bonds is 25. The molecule has 0 unspecified atom stereocenters. The first-order valence-corrected chi connectivity index (χ1v) is 36.4. The fourth-order valence-corrected chi connectivity index (χ4v) is 12.2. The first kappa shape index (κ1) is 90.3. The molecule has 38 nitrogen and oxygen atoms in total. The van der Waals surface area contributed by atoms with Crippen LogP contribution in [0, 0.1) is 5.92 Å². The van der Waals surface area contributed by atoms with Crippen molar-refractivity contribution in [1.29, 1.82) is 0 Å². The molecule has 4 rings (SSSR count). The molecule has 109 heavy (non-hydrogen) atoms. The third-order valence-corrected chi connectivity index (χ3v) is 17.9. The van der Waals surface area contributed by atoms with Gasteiger partial charge in [-0.2, -0.15) is 13.2 Å². The van der Waals surface area contributed by atoms with Crippen LogP contribution in [0.2, 0.25) is 0 Å². The van der Waals surface area contributed by atoms with Gasteiger partial charge in [0.1, 0.15) is 60.4 Å². The molecule has 0 aliphatic carbocycles. The maximum absolute atomic E-state index is 15.1. The second-order valence-corrected chi connectivity index (χ2v) is 27.2. The molecule has 2 aromatic rings. The van der Waals surface area contributed by atoms with Crippen molar-refractivity contribution < 1.29 is 85.4 Å². The number of aliphatic imine (C=N–C) groups is 3. The lowest BCUT2D eigenvalue weighted by atomic mass is 9.99. The molecule has 2 saturated heterocycles. The van der Waals surface area contributed by atoms with Gasteiger partial charge in [-0.1, -0.05) is 56.3 Å². The van der Waals surface area contributed by atoms with Crippen molar-refractivity contribution in [2.45, 2.75) is 177 Å². The SMILES string of the molecule is CC(C)C[C@@H]1NC(=O)[C@H](Cc2ccc(C(F)(F)F)cc2)NC(=O)CSC[C@@H](C(N)=O)NC(=O)CNC(=O)CNC(=O)[C@H](CCCN=C(N)N)NC(=O)[C@H](CC(=O)O)NC(=O)[C@H](CCCCN)NC(=O)[C@@H]2CCCN2C(=O)[C@H](CCCN=C(N)N)NC(=O)[C@H](Cc2ccccc2)NC(=O)[C@H](CCCN=C(N)N)NC1=O. The van der Waals surface area contributed by atoms with E-state index in [-0.39, 0.29) is 139 Å². The number of guanidine groups is 3. The molecule has 2 aliphatic rings. The summed E-state index contributed by atoms with van der Waals surface area (Å²) in [4.78, 5) is 210. The highest BCUT2D eigenvalue weighted by atomic mass is 32.2. The minimum absolute atomic E-state index is 0.00895. The summed E-state index contributed by atoms with van der Waals surface area (Å²) in [5.74, 6) is -16.8. The maximum Gasteiger partial charge on any atom is 0.416 e. The average molecular weight is 1560 g/mol. The monoisotopic (exact) mass is 1560 g/mol. The summed E-state index contributed by atoms with van der Waals surface area (Å²) in [6, 6.07) is -3.74. The van der Waals surface area contributed by atoms with Crippen molar-refractivity contribution in [1.82, 2.24) is 63.4 Å². The van der Waals surface area contributed by atoms with Crippen molar-refractivity contribution in [3.8, 4) is 0 Å². The Hall–Kier alpha value is -11.1. The number of halogens is 3. The predicted octanol–water partition coefficient (Wildman–Crippen LogP) is -5.88. The van der Waals surface area contributed by atoms with Gasteiger partial charge in [-0.25, -0.2) is 0 Å². The molecule has 28 N–H and O–H groups in total. The quantitative estimate of drug-likeness (QED) is 0.0250. The molecule has 0 radical (unpaired) electrons. The summed E-state index contributed by atoms with van der Waals surface area (Å²) in [5.41, 5.74) is 44.4. The second kappa shape index (κ2) is 46.2. The number of carbonyl (C=O) groups is 14. The van der Waals surface area contributed by atoms with Crippen LogP contribution >= 0.6 is 11.8 Å². The van der Waals surface area contributed by atoms with Crippen LogP contribution in [0.25, 0.3) is 0 Å². The summed E-state index contributed by atoms with van der Waals surface area (Å²) in [6.45, 7) is 1.54. The van der Waals surface area contributed by atoms with E-state index in [0.29, 0.717) is 12.0 Å². The minimum Gasteiger partial charge on any atom is -0.481 e. The molecule has 0 aromatic heterocycles. The lowest BCUT2D eigenvalue weighted by Gasteiger charge is -2.31. The number of thioether (sulfide) groups is 1. The Morgan fingerprint density at radius 3 is 1.50 bits per heavy atom. The van der Waals surface area contributed by atoms with E-state index < -0.39 is 192 Å². The van der Waals surface area contributed by atoms with E-state index in [9.17, 15) is 75.8 Å². The van der Waals surface area contributed by atoms with Crippen LogP contribution in [-0.4, -0.2) is 228 Å². The molecule has 0 saturated carbocycles. The summed E-state index contributed by atoms with van der Waals surface area (Å²) in [7, 11) is 0. The highest BCUT2D eigenvalue weighted by Crippen LogP contribution is 2.29. The molecule has 2 heterocycles. The number of amides is 13. The fraction of sp³-hybridized carbons (Fsp3) is 0.567. The average Bonchev–Trinajstić information content (AvgIpc) is 1.77. The topological polar surface area (TPSA) is 640 Å². The number of carboxylic acid groups (broad SMARTS) is 1. The maximum atomic E-state index is 15.1. The molecular formula is C67H102F3N23O15S. The summed E-state index contributed by atoms with van der Waals surface area (Å²) in [6.07, 6.45) is -6.70. The van der Waals surface area contributed by atoms with Crippen molar-refractivity contribution >= 4 is 112 Å². The molecule has 2 aromatic carbocycles. The lowest BCUT2D eigenvalue weighted by Crippen LogP contribution is -2.60. The number of hydrogen-bond acceptors (Lipinski definition) is 19. The summed E-state index contributed by atoms with van der Waals surface area (Å²) >= 11 is 0.721. The largest absolute Gasteiger partial charge is 0.481 e. The Labute approximate surface area is 630 Å². The number of benzene rings is 2. The first-order valence-electron chi connectivity index (χ1n) is 35.3. The predicted molar refractivity (Wildman–Crippen MR) is 394 cm³/mol. The first-order chi connectivity index (χ1) is 51.5. The van der Waals surface area contributed by atoms with Gasteiger partial charge in [-0.05, 0) is 113 Å². The van der Waals surface area contributed by atoms with E-state index in [0.717, 1.165) is 36.0 Å². The van der Waals surface area contributed by atoms with Crippen molar-refractivity contribution in [3.05, 3.63) is 71.3 Å². The van der Waals surface area contributed by atoms with Crippen LogP contribution in [0.5, 0.6) is 0 Å². The van der Waals surface area contributed by atoms with Gasteiger partial charge in [0.25, 0.3) is 0 Å². The zero-order valence-corrected chi connectivity index (χ0v) is 61.4. The number of fused-ring (bicyclic) bond motifs is 1. The normalized spacial score (nSPS) is 22.9. The molecule has 0 bridgehead atoms. The van der Waals surface area contributed by atoms with Gasteiger partial charge in [-0.3, -0.25) is 82.1 Å². The van der Waals surface area contributed by atoms with Gasteiger partial charge in [0, 0.05) is 44.8 Å². The van der Waals surface area contributed by atoms with E-state index in [1.807, 2.05) is 0 Å². The van der Waals surface area contributed by atoms with Crippen LogP contribution in [0.3, 0.4) is 0 Å². The summed E-state index contributed by atoms with van der Waals surface area (Å²) < 4.78 is 41.2. The highest BCUT2D eigenvalue weighted by Gasteiger charge is 2.41. The second-order valence-electron chi connectivity index (χ2n) is 26.2. The number of carbonyl (C=O) groups excluding carboxylic acids is 13. The van der Waals surface area contributed by atoms with Gasteiger partial charge in [0.2, 0.25) is 76.8 Å². The molecule has 0 spiro atoms. The molecule has 2 aliphatic heterocycles. The van der Waals surface area contributed by atoms with Crippen molar-refractivity contribution in [3.63, 3.8) is 0 Å². The lowest BCUT2D eigenvalue weighted by molar-refractivity contribution is -0.143. The fourth-order valence-electron chi connectivity index (χ4n) is 11.4. The Kier molecular flexibility index (Phi) is 38.3. The molecule has 602 valence electrons. The Bertz CT molecular complexity index is 3550. The minimum atomic E-state index is -4.75. The number of primary amides is 1. The van der Waals surface area contributed by atoms with Gasteiger partial charge < -0.3 is 114 Å². The molecule has 42 heteroatoms. The Morgan fingerprint density at radius 1 is 0.523 bits per heavy atom. The third-order valence-electron chi connectivity index (χ3n) is 16.8. The van der Waals surface area contributed by atoms with Gasteiger partial charge in [0.15, 0.2) is 17.9 Å². The van der Waals surface area contributed by atoms with Crippen LogP contribution in [0.15, 0.2) is 69.6 Å². The van der Waals surface area contributed by atoms with Crippen molar-refractivity contribution in [2.75, 3.05) is 57.3 Å². The number of hydrogen-bond donors (Lipinski definition) is 20.